The summed E-state index contributed by atoms with van der Waals surface area (Å²) >= 11 is 0. The number of hydrogen-bond acceptors (Lipinski definition) is 6. The number of ether oxygens (including phenoxy) is 2. The second-order valence-corrected chi connectivity index (χ2v) is 10.0. The van der Waals surface area contributed by atoms with Crippen molar-refractivity contribution < 1.29 is 18.3 Å². The molecule has 0 aromatic carbocycles. The lowest BCUT2D eigenvalue weighted by Gasteiger charge is -2.33. The number of halogens is 2. The molecule has 0 radical (unpaired) electrons. The van der Waals surface area contributed by atoms with Gasteiger partial charge < -0.3 is 15.2 Å². The number of nitrogens with zero attached hydrogens (tertiary/aromatic N) is 4. The summed E-state index contributed by atoms with van der Waals surface area (Å²) in [6.07, 6.45) is 7.88. The molecule has 0 spiro atoms. The fourth-order valence-electron chi connectivity index (χ4n) is 6.18. The fourth-order valence-corrected chi connectivity index (χ4v) is 6.18. The Hall–Kier alpha value is -2.26. The van der Waals surface area contributed by atoms with Gasteiger partial charge in [-0.3, -0.25) is 9.58 Å². The van der Waals surface area contributed by atoms with Crippen LogP contribution in [0, 0.1) is 17.8 Å². The summed E-state index contributed by atoms with van der Waals surface area (Å²) in [4.78, 5) is 6.68. The summed E-state index contributed by atoms with van der Waals surface area (Å²) in [5, 5.41) is 4.92. The second kappa shape index (κ2) is 8.51. The molecule has 2 atom stereocenters. The van der Waals surface area contributed by atoms with Gasteiger partial charge in [0.05, 0.1) is 18.9 Å². The number of fused-ring (bicyclic) bond motifs is 1. The summed E-state index contributed by atoms with van der Waals surface area (Å²) in [6, 6.07) is 4.35. The minimum atomic E-state index is -2.94. The highest BCUT2D eigenvalue weighted by Crippen LogP contribution is 2.64. The Morgan fingerprint density at radius 3 is 2.58 bits per heavy atom. The zero-order valence-electron chi connectivity index (χ0n) is 18.7. The molecule has 33 heavy (non-hydrogen) atoms. The largest absolute Gasteiger partial charge is 0.431 e. The predicted molar refractivity (Wildman–Crippen MR) is 119 cm³/mol. The Balaban J connectivity index is 1.23. The van der Waals surface area contributed by atoms with Gasteiger partial charge in [0.1, 0.15) is 0 Å². The van der Waals surface area contributed by atoms with E-state index in [-0.39, 0.29) is 11.6 Å². The third kappa shape index (κ3) is 4.10. The van der Waals surface area contributed by atoms with Crippen LogP contribution in [-0.4, -0.2) is 58.6 Å². The molecule has 0 bridgehead atoms. The average molecular weight is 460 g/mol. The zero-order valence-corrected chi connectivity index (χ0v) is 18.7. The molecule has 4 aliphatic rings. The third-order valence-electron chi connectivity index (χ3n) is 8.18. The molecule has 1 aliphatic heterocycles. The maximum absolute atomic E-state index is 12.8. The van der Waals surface area contributed by atoms with E-state index in [4.69, 9.17) is 15.6 Å². The van der Waals surface area contributed by atoms with Gasteiger partial charge in [0.2, 0.25) is 0 Å². The van der Waals surface area contributed by atoms with E-state index in [1.54, 1.807) is 6.20 Å². The molecule has 1 saturated heterocycles. The molecule has 3 heterocycles. The minimum Gasteiger partial charge on any atom is -0.431 e. The van der Waals surface area contributed by atoms with Crippen molar-refractivity contribution >= 4 is 5.82 Å². The molecule has 9 heteroatoms. The van der Waals surface area contributed by atoms with Crippen LogP contribution in [0.5, 0.6) is 5.75 Å². The van der Waals surface area contributed by atoms with E-state index in [2.05, 4.69) is 25.4 Å². The van der Waals surface area contributed by atoms with Crippen LogP contribution in [0.25, 0.3) is 11.3 Å². The Bertz CT molecular complexity index is 993. The van der Waals surface area contributed by atoms with Crippen molar-refractivity contribution in [1.29, 1.82) is 0 Å². The van der Waals surface area contributed by atoms with Crippen LogP contribution in [0.2, 0.25) is 0 Å². The maximum atomic E-state index is 12.8. The number of morpholine rings is 1. The van der Waals surface area contributed by atoms with Crippen molar-refractivity contribution in [2.75, 3.05) is 32.0 Å². The number of alkyl halides is 2. The second-order valence-electron chi connectivity index (χ2n) is 10.0. The molecule has 4 fully saturated rings. The van der Waals surface area contributed by atoms with Gasteiger partial charge in [-0.15, -0.1) is 0 Å². The summed E-state index contributed by atoms with van der Waals surface area (Å²) < 4.78 is 37.8. The Morgan fingerprint density at radius 2 is 1.91 bits per heavy atom. The summed E-state index contributed by atoms with van der Waals surface area (Å²) in [5.41, 5.74) is 8.44. The zero-order chi connectivity index (χ0) is 22.5. The summed E-state index contributed by atoms with van der Waals surface area (Å²) in [7, 11) is 0. The highest BCUT2D eigenvalue weighted by Gasteiger charge is 2.58. The molecule has 178 valence electrons. The molecule has 6 rings (SSSR count). The van der Waals surface area contributed by atoms with E-state index in [1.807, 2.05) is 0 Å². The number of rotatable bonds is 7. The first-order valence-corrected chi connectivity index (χ1v) is 12.2. The Labute approximate surface area is 192 Å². The third-order valence-corrected chi connectivity index (χ3v) is 8.18. The topological polar surface area (TPSA) is 78.4 Å². The maximum Gasteiger partial charge on any atom is 0.387 e. The van der Waals surface area contributed by atoms with Gasteiger partial charge in [-0.2, -0.15) is 13.9 Å². The number of pyridine rings is 1. The van der Waals surface area contributed by atoms with Crippen LogP contribution in [0.15, 0.2) is 18.3 Å². The van der Waals surface area contributed by atoms with Gasteiger partial charge in [-0.25, -0.2) is 4.98 Å². The average Bonchev–Trinajstić information content (AvgIpc) is 3.12. The van der Waals surface area contributed by atoms with Crippen molar-refractivity contribution in [3.05, 3.63) is 24.0 Å². The number of aromatic nitrogens is 3. The van der Waals surface area contributed by atoms with E-state index in [1.165, 1.54) is 43.9 Å². The van der Waals surface area contributed by atoms with Crippen molar-refractivity contribution in [2.24, 2.45) is 17.8 Å². The number of nitrogens with two attached hydrogens (primary N) is 1. The predicted octanol–water partition coefficient (Wildman–Crippen LogP) is 3.75. The van der Waals surface area contributed by atoms with Gasteiger partial charge in [0.25, 0.3) is 0 Å². The van der Waals surface area contributed by atoms with Gasteiger partial charge >= 0.3 is 6.61 Å². The molecule has 2 unspecified atom stereocenters. The van der Waals surface area contributed by atoms with Crippen LogP contribution >= 0.6 is 0 Å². The lowest BCUT2D eigenvalue weighted by molar-refractivity contribution is -0.0494. The molecular formula is C24H31F2N5O2. The molecular weight excluding hydrogens is 428 g/mol. The lowest BCUT2D eigenvalue weighted by Crippen LogP contribution is -2.43. The van der Waals surface area contributed by atoms with Gasteiger partial charge in [0.15, 0.2) is 11.6 Å². The van der Waals surface area contributed by atoms with Crippen LogP contribution in [0.1, 0.15) is 43.7 Å². The van der Waals surface area contributed by atoms with Crippen LogP contribution in [0.4, 0.5) is 14.6 Å². The van der Waals surface area contributed by atoms with Crippen LogP contribution in [0.3, 0.4) is 0 Å². The molecule has 3 aliphatic carbocycles. The van der Waals surface area contributed by atoms with Gasteiger partial charge in [-0.05, 0) is 55.6 Å². The van der Waals surface area contributed by atoms with Crippen molar-refractivity contribution in [3.8, 4) is 17.0 Å². The monoisotopic (exact) mass is 459 g/mol. The van der Waals surface area contributed by atoms with Crippen molar-refractivity contribution in [2.45, 2.75) is 57.2 Å². The molecule has 2 aromatic heterocycles. The molecule has 2 aromatic rings. The standard InChI is InChI=1S/C24H31F2N5O2/c25-24(26)33-21-8-15(12-28-23(21)27)19-11-20(31(29-19)13-14-2-1-3-14)22-17-9-16(10-18(17)22)30-4-6-32-7-5-30/h8,11-12,14,16-18,22,24H,1-7,9-10,13H2,(H2,27,28). The highest BCUT2D eigenvalue weighted by atomic mass is 19.3. The molecule has 2 N–H and O–H groups in total. The van der Waals surface area contributed by atoms with Crippen molar-refractivity contribution in [3.63, 3.8) is 0 Å². The fraction of sp³-hybridized carbons (Fsp3) is 0.667. The molecule has 3 saturated carbocycles. The first-order chi connectivity index (χ1) is 16.1. The summed E-state index contributed by atoms with van der Waals surface area (Å²) in [5.74, 6) is 2.50. The van der Waals surface area contributed by atoms with E-state index in [0.29, 0.717) is 35.3 Å². The first-order valence-electron chi connectivity index (χ1n) is 12.2. The van der Waals surface area contributed by atoms with E-state index < -0.39 is 6.61 Å². The van der Waals surface area contributed by atoms with E-state index in [9.17, 15) is 8.78 Å². The quantitative estimate of drug-likeness (QED) is 0.680. The Morgan fingerprint density at radius 1 is 1.15 bits per heavy atom. The van der Waals surface area contributed by atoms with Gasteiger partial charge in [-0.1, -0.05) is 6.42 Å². The highest BCUT2D eigenvalue weighted by molar-refractivity contribution is 5.64. The normalized spacial score (nSPS) is 29.8. The lowest BCUT2D eigenvalue weighted by atomic mass is 9.85. The number of hydrogen-bond donors (Lipinski definition) is 1. The van der Waals surface area contributed by atoms with E-state index in [0.717, 1.165) is 38.5 Å². The first kappa shape index (κ1) is 21.3. The van der Waals surface area contributed by atoms with Gasteiger partial charge in [0, 0.05) is 49.0 Å². The summed E-state index contributed by atoms with van der Waals surface area (Å²) in [6.45, 7) is 1.78. The van der Waals surface area contributed by atoms with Crippen LogP contribution in [-0.2, 0) is 11.3 Å². The van der Waals surface area contributed by atoms with Crippen LogP contribution < -0.4 is 10.5 Å². The number of nitrogen functional groups attached to an aromatic ring is 1. The van der Waals surface area contributed by atoms with Crippen molar-refractivity contribution in [1.82, 2.24) is 19.7 Å². The minimum absolute atomic E-state index is 0.0425. The molecule has 7 nitrogen and oxygen atoms in total. The number of anilines is 1. The Kier molecular flexibility index (Phi) is 5.49. The smallest absolute Gasteiger partial charge is 0.387 e. The molecule has 0 amide bonds. The van der Waals surface area contributed by atoms with E-state index >= 15 is 0 Å². The SMILES string of the molecule is Nc1ncc(-c2cc(C3C4CC(N5CCOCC5)CC43)n(CC3CCC3)n2)cc1OC(F)F.